The summed E-state index contributed by atoms with van der Waals surface area (Å²) in [6.45, 7) is 29.3. The highest BCUT2D eigenvalue weighted by Gasteiger charge is 2.50. The molecule has 7 atom stereocenters. The molecule has 0 spiro atoms. The molecule has 0 radical (unpaired) electrons. The van der Waals surface area contributed by atoms with Gasteiger partial charge in [0.05, 0.1) is 0 Å². The van der Waals surface area contributed by atoms with Crippen LogP contribution < -0.4 is 0 Å². The first kappa shape index (κ1) is 26.8. The van der Waals surface area contributed by atoms with E-state index in [2.05, 4.69) is 75.8 Å². The van der Waals surface area contributed by atoms with E-state index in [1.165, 1.54) is 50.5 Å². The van der Waals surface area contributed by atoms with Gasteiger partial charge < -0.3 is 0 Å². The van der Waals surface area contributed by atoms with Gasteiger partial charge in [0.15, 0.2) is 0 Å². The highest BCUT2D eigenvalue weighted by molar-refractivity contribution is 5.01. The molecule has 0 N–H and O–H groups in total. The van der Waals surface area contributed by atoms with Gasteiger partial charge in [0.25, 0.3) is 0 Å². The molecule has 0 heterocycles. The van der Waals surface area contributed by atoms with Gasteiger partial charge in [-0.1, -0.05) is 107 Å². The van der Waals surface area contributed by atoms with Crippen LogP contribution >= 0.6 is 0 Å². The summed E-state index contributed by atoms with van der Waals surface area (Å²) in [5.74, 6) is 6.85. The molecule has 1 fully saturated rings. The monoisotopic (exact) mass is 404 g/mol. The molecule has 0 aromatic carbocycles. The van der Waals surface area contributed by atoms with Gasteiger partial charge in [-0.2, -0.15) is 0 Å². The highest BCUT2D eigenvalue weighted by Crippen LogP contribution is 2.57. The van der Waals surface area contributed by atoms with E-state index in [1.807, 2.05) is 0 Å². The Morgan fingerprint density at radius 2 is 1.62 bits per heavy atom. The fraction of sp³-hybridized carbons (Fsp3) is 0.931. The molecule has 0 aliphatic heterocycles. The van der Waals surface area contributed by atoms with Crippen molar-refractivity contribution in [1.29, 1.82) is 0 Å². The van der Waals surface area contributed by atoms with Crippen molar-refractivity contribution < 1.29 is 0 Å². The van der Waals surface area contributed by atoms with Crippen LogP contribution in [-0.2, 0) is 0 Å². The molecule has 0 aromatic heterocycles. The van der Waals surface area contributed by atoms with E-state index in [9.17, 15) is 0 Å². The maximum absolute atomic E-state index is 4.34. The lowest BCUT2D eigenvalue weighted by Crippen LogP contribution is -2.49. The minimum absolute atomic E-state index is 0.428. The summed E-state index contributed by atoms with van der Waals surface area (Å²) in [5, 5.41) is 0. The Balaban J connectivity index is 3.33. The van der Waals surface area contributed by atoms with Crippen LogP contribution in [-0.4, -0.2) is 0 Å². The van der Waals surface area contributed by atoms with Gasteiger partial charge in [0.2, 0.25) is 0 Å². The van der Waals surface area contributed by atoms with Crippen molar-refractivity contribution in [1.82, 2.24) is 0 Å². The minimum Gasteiger partial charge on any atom is -0.0999 e. The molecule has 29 heavy (non-hydrogen) atoms. The quantitative estimate of drug-likeness (QED) is 0.284. The summed E-state index contributed by atoms with van der Waals surface area (Å²) >= 11 is 0. The van der Waals surface area contributed by atoms with Crippen LogP contribution in [0.25, 0.3) is 0 Å². The minimum atomic E-state index is 0.428. The van der Waals surface area contributed by atoms with Crippen LogP contribution in [0.1, 0.15) is 121 Å². The van der Waals surface area contributed by atoms with E-state index in [-0.39, 0.29) is 0 Å². The van der Waals surface area contributed by atoms with Crippen LogP contribution in [0.15, 0.2) is 12.2 Å². The van der Waals surface area contributed by atoms with Gasteiger partial charge in [0, 0.05) is 0 Å². The molecule has 1 aliphatic rings. The van der Waals surface area contributed by atoms with Crippen molar-refractivity contribution in [2.24, 2.45) is 52.8 Å². The van der Waals surface area contributed by atoms with Crippen molar-refractivity contribution in [3.8, 4) is 0 Å². The Labute approximate surface area is 185 Å². The zero-order chi connectivity index (χ0) is 22.4. The van der Waals surface area contributed by atoms with E-state index in [0.717, 1.165) is 53.8 Å². The Morgan fingerprint density at radius 3 is 2.03 bits per heavy atom. The molecular weight excluding hydrogens is 348 g/mol. The van der Waals surface area contributed by atoms with Crippen LogP contribution in [0.3, 0.4) is 0 Å². The predicted octanol–water partition coefficient (Wildman–Crippen LogP) is 9.79. The van der Waals surface area contributed by atoms with Crippen LogP contribution in [0.4, 0.5) is 0 Å². The molecule has 172 valence electrons. The van der Waals surface area contributed by atoms with Crippen molar-refractivity contribution in [2.75, 3.05) is 0 Å². The fourth-order valence-corrected chi connectivity index (χ4v) is 7.64. The Kier molecular flexibility index (Phi) is 11.0. The van der Waals surface area contributed by atoms with Crippen LogP contribution in [0.5, 0.6) is 0 Å². The van der Waals surface area contributed by atoms with E-state index in [0.29, 0.717) is 5.41 Å². The van der Waals surface area contributed by atoms with E-state index in [4.69, 9.17) is 0 Å². The molecule has 1 rings (SSSR count). The molecule has 0 heteroatoms. The third kappa shape index (κ3) is 6.36. The van der Waals surface area contributed by atoms with Crippen LogP contribution in [0.2, 0.25) is 0 Å². The first-order valence-corrected chi connectivity index (χ1v) is 13.2. The lowest BCUT2D eigenvalue weighted by molar-refractivity contribution is -0.0713. The van der Waals surface area contributed by atoms with Gasteiger partial charge >= 0.3 is 0 Å². The van der Waals surface area contributed by atoms with Gasteiger partial charge in [-0.3, -0.25) is 0 Å². The third-order valence-electron chi connectivity index (χ3n) is 9.16. The SMILES string of the molecule is C=C(CC)CCC(C)(CC)C(C(C)C)C1C(CC)CC(CCC)C(C(C)C)C1C. The fourth-order valence-electron chi connectivity index (χ4n) is 7.64. The Bertz CT molecular complexity index is 472. The zero-order valence-electron chi connectivity index (χ0n) is 22.0. The number of rotatable bonds is 12. The zero-order valence-corrected chi connectivity index (χ0v) is 22.0. The first-order valence-electron chi connectivity index (χ1n) is 13.2. The van der Waals surface area contributed by atoms with Gasteiger partial charge in [-0.25, -0.2) is 0 Å². The van der Waals surface area contributed by atoms with E-state index in [1.54, 1.807) is 0 Å². The van der Waals surface area contributed by atoms with Crippen molar-refractivity contribution in [2.45, 2.75) is 121 Å². The largest absolute Gasteiger partial charge is 0.0999 e. The second kappa shape index (κ2) is 12.0. The number of hydrogen-bond donors (Lipinski definition) is 0. The van der Waals surface area contributed by atoms with E-state index >= 15 is 0 Å². The maximum Gasteiger partial charge on any atom is -0.0292 e. The molecule has 0 nitrogen and oxygen atoms in total. The molecule has 0 aromatic rings. The topological polar surface area (TPSA) is 0 Å². The highest BCUT2D eigenvalue weighted by atomic mass is 14.5. The second-order valence-corrected chi connectivity index (χ2v) is 11.6. The average Bonchev–Trinajstić information content (AvgIpc) is 2.67. The Hall–Kier alpha value is -0.260. The summed E-state index contributed by atoms with van der Waals surface area (Å²) in [7, 11) is 0. The van der Waals surface area contributed by atoms with Gasteiger partial charge in [-0.15, -0.1) is 0 Å². The second-order valence-electron chi connectivity index (χ2n) is 11.6. The van der Waals surface area contributed by atoms with Crippen LogP contribution in [0, 0.1) is 52.8 Å². The van der Waals surface area contributed by atoms with Gasteiger partial charge in [-0.05, 0) is 78.4 Å². The molecule has 0 amide bonds. The normalized spacial score (nSPS) is 31.1. The number of allylic oxidation sites excluding steroid dienone is 1. The summed E-state index contributed by atoms with van der Waals surface area (Å²) in [4.78, 5) is 0. The lowest BCUT2D eigenvalue weighted by Gasteiger charge is -2.56. The lowest BCUT2D eigenvalue weighted by atomic mass is 9.49. The molecule has 1 saturated carbocycles. The average molecular weight is 405 g/mol. The summed E-state index contributed by atoms with van der Waals surface area (Å²) in [6, 6.07) is 0. The predicted molar refractivity (Wildman–Crippen MR) is 133 cm³/mol. The van der Waals surface area contributed by atoms with E-state index < -0.39 is 0 Å². The molecule has 7 unspecified atom stereocenters. The van der Waals surface area contributed by atoms with Crippen molar-refractivity contribution >= 4 is 0 Å². The molecular formula is C29H56. The maximum atomic E-state index is 4.34. The Morgan fingerprint density at radius 1 is 1.00 bits per heavy atom. The third-order valence-corrected chi connectivity index (χ3v) is 9.16. The summed E-state index contributed by atoms with van der Waals surface area (Å²) < 4.78 is 0. The molecule has 0 bridgehead atoms. The van der Waals surface area contributed by atoms with Crippen molar-refractivity contribution in [3.05, 3.63) is 12.2 Å². The van der Waals surface area contributed by atoms with Gasteiger partial charge in [0.1, 0.15) is 0 Å². The van der Waals surface area contributed by atoms with Crippen molar-refractivity contribution in [3.63, 3.8) is 0 Å². The smallest absolute Gasteiger partial charge is 0.0292 e. The number of hydrogen-bond acceptors (Lipinski definition) is 0. The molecule has 1 aliphatic carbocycles. The molecule has 0 saturated heterocycles. The summed E-state index contributed by atoms with van der Waals surface area (Å²) in [5.41, 5.74) is 1.87. The first-order chi connectivity index (χ1) is 13.6. The standard InChI is InChI=1S/C29H56/c1-12-16-25-19-24(14-3)27(23(10)26(25)20(5)6)28(21(7)8)29(11,15-4)18-17-22(9)13-2/h20-21,23-28H,9,12-19H2,1-8,10-11H3. The summed E-state index contributed by atoms with van der Waals surface area (Å²) in [6.07, 6.45) is 10.6.